The summed E-state index contributed by atoms with van der Waals surface area (Å²) in [7, 11) is 1.98. The van der Waals surface area contributed by atoms with Crippen molar-refractivity contribution in [2.24, 2.45) is 0 Å². The van der Waals surface area contributed by atoms with E-state index in [9.17, 15) is 0 Å². The Hall–Kier alpha value is -0.610. The molecule has 0 bridgehead atoms. The summed E-state index contributed by atoms with van der Waals surface area (Å²) in [6, 6.07) is 8.16. The summed E-state index contributed by atoms with van der Waals surface area (Å²) < 4.78 is 11.6. The molecule has 0 amide bonds. The van der Waals surface area contributed by atoms with E-state index in [-0.39, 0.29) is 11.6 Å². The summed E-state index contributed by atoms with van der Waals surface area (Å²) in [5.74, 6) is 0. The van der Waals surface area contributed by atoms with Crippen molar-refractivity contribution in [1.82, 2.24) is 5.32 Å². The summed E-state index contributed by atoms with van der Waals surface area (Å²) in [6.45, 7) is 4.27. The summed E-state index contributed by atoms with van der Waals surface area (Å²) in [5, 5.41) is 4.17. The SMILES string of the molecule is CCOC1(C(NC)c2ccc(Cl)cc2)CCOCC1. The molecule has 1 atom stereocenters. The van der Waals surface area contributed by atoms with Gasteiger partial charge in [0.25, 0.3) is 0 Å². The summed E-state index contributed by atoms with van der Waals surface area (Å²) >= 11 is 5.97. The average molecular weight is 284 g/mol. The van der Waals surface area contributed by atoms with E-state index >= 15 is 0 Å². The van der Waals surface area contributed by atoms with Gasteiger partial charge in [-0.25, -0.2) is 0 Å². The van der Waals surface area contributed by atoms with Gasteiger partial charge in [0.05, 0.1) is 11.6 Å². The Morgan fingerprint density at radius 1 is 1.32 bits per heavy atom. The monoisotopic (exact) mass is 283 g/mol. The topological polar surface area (TPSA) is 30.5 Å². The second kappa shape index (κ2) is 6.71. The average Bonchev–Trinajstić information content (AvgIpc) is 2.43. The van der Waals surface area contributed by atoms with Crippen LogP contribution in [0.3, 0.4) is 0 Å². The van der Waals surface area contributed by atoms with Gasteiger partial charge in [-0.2, -0.15) is 0 Å². The van der Waals surface area contributed by atoms with Crippen molar-refractivity contribution < 1.29 is 9.47 Å². The van der Waals surface area contributed by atoms with Gasteiger partial charge in [-0.1, -0.05) is 23.7 Å². The van der Waals surface area contributed by atoms with Crippen molar-refractivity contribution in [1.29, 1.82) is 0 Å². The maximum atomic E-state index is 6.13. The minimum Gasteiger partial charge on any atom is -0.381 e. The largest absolute Gasteiger partial charge is 0.381 e. The first-order valence-electron chi connectivity index (χ1n) is 6.86. The zero-order valence-corrected chi connectivity index (χ0v) is 12.4. The number of nitrogens with one attached hydrogen (secondary N) is 1. The molecule has 1 saturated heterocycles. The molecule has 1 heterocycles. The molecule has 0 saturated carbocycles. The lowest BCUT2D eigenvalue weighted by Gasteiger charge is -2.43. The van der Waals surface area contributed by atoms with Crippen LogP contribution in [0.25, 0.3) is 0 Å². The van der Waals surface area contributed by atoms with Gasteiger partial charge in [0.2, 0.25) is 0 Å². The van der Waals surface area contributed by atoms with E-state index < -0.39 is 0 Å². The molecule has 0 aromatic heterocycles. The van der Waals surface area contributed by atoms with Crippen LogP contribution in [0.1, 0.15) is 31.4 Å². The van der Waals surface area contributed by atoms with Gasteiger partial charge >= 0.3 is 0 Å². The Morgan fingerprint density at radius 2 is 1.95 bits per heavy atom. The van der Waals surface area contributed by atoms with E-state index in [0.717, 1.165) is 31.1 Å². The molecule has 1 N–H and O–H groups in total. The Labute approximate surface area is 120 Å². The third-order valence-corrected chi connectivity index (χ3v) is 4.04. The number of hydrogen-bond acceptors (Lipinski definition) is 3. The smallest absolute Gasteiger partial charge is 0.0919 e. The highest BCUT2D eigenvalue weighted by Gasteiger charge is 2.41. The molecule has 1 aromatic carbocycles. The fourth-order valence-electron chi connectivity index (χ4n) is 2.91. The predicted octanol–water partition coefficient (Wildman–Crippen LogP) is 3.19. The maximum Gasteiger partial charge on any atom is 0.0919 e. The van der Waals surface area contributed by atoms with Crippen LogP contribution in [0.2, 0.25) is 5.02 Å². The molecule has 1 aromatic rings. The first kappa shape index (κ1) is 14.8. The first-order valence-corrected chi connectivity index (χ1v) is 7.24. The molecular formula is C15H22ClNO2. The van der Waals surface area contributed by atoms with Crippen molar-refractivity contribution >= 4 is 11.6 Å². The van der Waals surface area contributed by atoms with Crippen LogP contribution < -0.4 is 5.32 Å². The van der Waals surface area contributed by atoms with Gasteiger partial charge in [-0.3, -0.25) is 0 Å². The van der Waals surface area contributed by atoms with Crippen LogP contribution >= 0.6 is 11.6 Å². The zero-order chi connectivity index (χ0) is 13.7. The molecule has 0 spiro atoms. The number of hydrogen-bond donors (Lipinski definition) is 1. The Morgan fingerprint density at radius 3 is 2.47 bits per heavy atom. The molecule has 0 radical (unpaired) electrons. The van der Waals surface area contributed by atoms with Gasteiger partial charge in [0.1, 0.15) is 0 Å². The Balaban J connectivity index is 2.28. The normalized spacial score (nSPS) is 20.2. The molecule has 106 valence electrons. The van der Waals surface area contributed by atoms with Gasteiger partial charge in [-0.15, -0.1) is 0 Å². The van der Waals surface area contributed by atoms with Crippen molar-refractivity contribution in [2.45, 2.75) is 31.4 Å². The standard InChI is InChI=1S/C15H22ClNO2/c1-3-19-15(8-10-18-11-9-15)14(17-2)12-4-6-13(16)7-5-12/h4-7,14,17H,3,8-11H2,1-2H3. The third kappa shape index (κ3) is 3.29. The molecule has 3 nitrogen and oxygen atoms in total. The lowest BCUT2D eigenvalue weighted by atomic mass is 9.82. The highest BCUT2D eigenvalue weighted by Crippen LogP contribution is 2.37. The number of benzene rings is 1. The van der Waals surface area contributed by atoms with Crippen LogP contribution in [-0.4, -0.2) is 32.5 Å². The van der Waals surface area contributed by atoms with E-state index in [1.807, 2.05) is 26.1 Å². The summed E-state index contributed by atoms with van der Waals surface area (Å²) in [6.07, 6.45) is 1.82. The van der Waals surface area contributed by atoms with E-state index in [2.05, 4.69) is 17.4 Å². The van der Waals surface area contributed by atoms with Crippen molar-refractivity contribution in [2.75, 3.05) is 26.9 Å². The number of likely N-dealkylation sites (N-methyl/N-ethyl adjacent to an activating group) is 1. The predicted molar refractivity (Wildman–Crippen MR) is 77.7 cm³/mol. The highest BCUT2D eigenvalue weighted by atomic mass is 35.5. The maximum absolute atomic E-state index is 6.13. The van der Waals surface area contributed by atoms with Gasteiger partial charge < -0.3 is 14.8 Å². The highest BCUT2D eigenvalue weighted by molar-refractivity contribution is 6.30. The summed E-state index contributed by atoms with van der Waals surface area (Å²) in [5.41, 5.74) is 1.03. The first-order chi connectivity index (χ1) is 9.22. The lowest BCUT2D eigenvalue weighted by molar-refractivity contribution is -0.127. The molecule has 4 heteroatoms. The second-order valence-corrected chi connectivity index (χ2v) is 5.32. The summed E-state index contributed by atoms with van der Waals surface area (Å²) in [4.78, 5) is 0. The molecule has 1 fully saturated rings. The minimum atomic E-state index is -0.185. The molecule has 19 heavy (non-hydrogen) atoms. The van der Waals surface area contributed by atoms with Crippen molar-refractivity contribution in [3.63, 3.8) is 0 Å². The van der Waals surface area contributed by atoms with Crippen LogP contribution in [0.5, 0.6) is 0 Å². The number of rotatable bonds is 5. The quantitative estimate of drug-likeness (QED) is 0.900. The number of ether oxygens (including phenoxy) is 2. The molecule has 1 unspecified atom stereocenters. The minimum absolute atomic E-state index is 0.161. The van der Waals surface area contributed by atoms with Crippen molar-refractivity contribution in [3.05, 3.63) is 34.9 Å². The van der Waals surface area contributed by atoms with E-state index in [0.29, 0.717) is 6.61 Å². The van der Waals surface area contributed by atoms with Crippen LogP contribution in [0.15, 0.2) is 24.3 Å². The third-order valence-electron chi connectivity index (χ3n) is 3.79. The van der Waals surface area contributed by atoms with E-state index in [4.69, 9.17) is 21.1 Å². The molecule has 1 aliphatic rings. The molecule has 2 rings (SSSR count). The van der Waals surface area contributed by atoms with Gasteiger partial charge in [-0.05, 0) is 31.7 Å². The van der Waals surface area contributed by atoms with Gasteiger partial charge in [0.15, 0.2) is 0 Å². The Kier molecular flexibility index (Phi) is 5.22. The molecule has 1 aliphatic heterocycles. The fourth-order valence-corrected chi connectivity index (χ4v) is 3.04. The Bertz CT molecular complexity index is 382. The second-order valence-electron chi connectivity index (χ2n) is 4.88. The van der Waals surface area contributed by atoms with Crippen LogP contribution in [0.4, 0.5) is 0 Å². The van der Waals surface area contributed by atoms with Crippen LogP contribution in [-0.2, 0) is 9.47 Å². The lowest BCUT2D eigenvalue weighted by Crippen LogP contribution is -2.49. The van der Waals surface area contributed by atoms with Gasteiger partial charge in [0, 0.05) is 37.7 Å². The van der Waals surface area contributed by atoms with Crippen LogP contribution in [0, 0.1) is 0 Å². The molecule has 0 aliphatic carbocycles. The fraction of sp³-hybridized carbons (Fsp3) is 0.600. The molecular weight excluding hydrogens is 262 g/mol. The number of halogens is 1. The zero-order valence-electron chi connectivity index (χ0n) is 11.6. The van der Waals surface area contributed by atoms with Crippen molar-refractivity contribution in [3.8, 4) is 0 Å². The van der Waals surface area contributed by atoms with E-state index in [1.54, 1.807) is 0 Å². The van der Waals surface area contributed by atoms with E-state index in [1.165, 1.54) is 5.56 Å².